The second kappa shape index (κ2) is 8.87. The number of carbonyl (C=O) groups is 2. The fraction of sp³-hybridized carbons (Fsp3) is 0.286. The van der Waals surface area contributed by atoms with E-state index in [1.807, 2.05) is 17.0 Å². The highest BCUT2D eigenvalue weighted by atomic mass is 19.4. The molecule has 2 aromatic carbocycles. The molecule has 1 aliphatic rings. The summed E-state index contributed by atoms with van der Waals surface area (Å²) >= 11 is 0. The van der Waals surface area contributed by atoms with Gasteiger partial charge in [0.05, 0.1) is 23.8 Å². The van der Waals surface area contributed by atoms with Crippen LogP contribution in [0.2, 0.25) is 0 Å². The Bertz CT molecular complexity index is 1110. The average molecular weight is 447 g/mol. The first kappa shape index (κ1) is 21.6. The van der Waals surface area contributed by atoms with Crippen LogP contribution in [0.1, 0.15) is 10.4 Å². The standard InChI is InChI=1S/C21H20F3N5O3/c22-21(23,24)32-16-6-4-15(5-7-16)26-18(30)13-28-8-10-29(11-9-28)20(31)17-3-1-2-14-12-25-27-19(14)17/h1-7,12H,8-11,13H2,(H,25,27)(H,26,30). The third-order valence-electron chi connectivity index (χ3n) is 5.11. The molecule has 0 saturated carbocycles. The Hall–Kier alpha value is -3.60. The maximum Gasteiger partial charge on any atom is 0.573 e. The third-order valence-corrected chi connectivity index (χ3v) is 5.11. The van der Waals surface area contributed by atoms with Crippen molar-refractivity contribution < 1.29 is 27.5 Å². The number of benzene rings is 2. The molecular formula is C21H20F3N5O3. The van der Waals surface area contributed by atoms with Crippen molar-refractivity contribution in [2.24, 2.45) is 0 Å². The number of hydrogen-bond donors (Lipinski definition) is 2. The van der Waals surface area contributed by atoms with E-state index in [0.717, 1.165) is 17.5 Å². The van der Waals surface area contributed by atoms with E-state index in [2.05, 4.69) is 20.3 Å². The number of amides is 2. The largest absolute Gasteiger partial charge is 0.573 e. The minimum atomic E-state index is -4.76. The molecule has 0 aliphatic carbocycles. The van der Waals surface area contributed by atoms with Crippen LogP contribution >= 0.6 is 0 Å². The molecule has 0 atom stereocenters. The van der Waals surface area contributed by atoms with Crippen molar-refractivity contribution in [2.75, 3.05) is 38.0 Å². The molecule has 1 aromatic heterocycles. The average Bonchev–Trinajstić information content (AvgIpc) is 3.23. The highest BCUT2D eigenvalue weighted by Gasteiger charge is 2.31. The monoisotopic (exact) mass is 447 g/mol. The number of piperazine rings is 1. The van der Waals surface area contributed by atoms with Crippen LogP contribution in [-0.4, -0.2) is 70.9 Å². The quantitative estimate of drug-likeness (QED) is 0.628. The number of alkyl halides is 3. The summed E-state index contributed by atoms with van der Waals surface area (Å²) in [5.41, 5.74) is 1.63. The normalized spacial score (nSPS) is 15.0. The van der Waals surface area contributed by atoms with Gasteiger partial charge in [0.2, 0.25) is 5.91 Å². The zero-order valence-electron chi connectivity index (χ0n) is 16.9. The fourth-order valence-corrected chi connectivity index (χ4v) is 3.57. The highest BCUT2D eigenvalue weighted by molar-refractivity contribution is 6.05. The number of aromatic amines is 1. The zero-order valence-corrected chi connectivity index (χ0v) is 16.9. The minimum Gasteiger partial charge on any atom is -0.406 e. The third kappa shape index (κ3) is 5.17. The summed E-state index contributed by atoms with van der Waals surface area (Å²) in [5, 5.41) is 10.4. The first-order valence-electron chi connectivity index (χ1n) is 9.88. The number of para-hydroxylation sites is 1. The van der Waals surface area contributed by atoms with E-state index in [9.17, 15) is 22.8 Å². The van der Waals surface area contributed by atoms with Crippen LogP contribution in [0.5, 0.6) is 5.75 Å². The number of fused-ring (bicyclic) bond motifs is 1. The van der Waals surface area contributed by atoms with Gasteiger partial charge < -0.3 is 15.0 Å². The Balaban J connectivity index is 1.27. The van der Waals surface area contributed by atoms with Crippen LogP contribution in [0, 0.1) is 0 Å². The van der Waals surface area contributed by atoms with Crippen LogP contribution in [0.25, 0.3) is 10.9 Å². The number of nitrogens with one attached hydrogen (secondary N) is 2. The topological polar surface area (TPSA) is 90.6 Å². The second-order valence-corrected chi connectivity index (χ2v) is 7.33. The Labute approximate surface area is 180 Å². The van der Waals surface area contributed by atoms with Gasteiger partial charge in [-0.05, 0) is 30.3 Å². The van der Waals surface area contributed by atoms with Gasteiger partial charge in [0.25, 0.3) is 5.91 Å². The van der Waals surface area contributed by atoms with Gasteiger partial charge in [0, 0.05) is 37.3 Å². The number of carbonyl (C=O) groups excluding carboxylic acids is 2. The van der Waals surface area contributed by atoms with Crippen molar-refractivity contribution in [3.05, 3.63) is 54.2 Å². The highest BCUT2D eigenvalue weighted by Crippen LogP contribution is 2.24. The zero-order chi connectivity index (χ0) is 22.7. The van der Waals surface area contributed by atoms with E-state index < -0.39 is 6.36 Å². The predicted octanol–water partition coefficient (Wildman–Crippen LogP) is 2.86. The van der Waals surface area contributed by atoms with Crippen molar-refractivity contribution in [1.82, 2.24) is 20.0 Å². The number of halogens is 3. The Morgan fingerprint density at radius 2 is 1.78 bits per heavy atom. The van der Waals surface area contributed by atoms with E-state index in [-0.39, 0.29) is 24.1 Å². The molecule has 0 bridgehead atoms. The van der Waals surface area contributed by atoms with Gasteiger partial charge in [-0.2, -0.15) is 5.10 Å². The number of rotatable bonds is 5. The summed E-state index contributed by atoms with van der Waals surface area (Å²) in [6.07, 6.45) is -3.10. The van der Waals surface area contributed by atoms with Crippen LogP contribution < -0.4 is 10.1 Å². The van der Waals surface area contributed by atoms with Crippen molar-refractivity contribution in [1.29, 1.82) is 0 Å². The molecule has 8 nitrogen and oxygen atoms in total. The maximum atomic E-state index is 12.9. The smallest absolute Gasteiger partial charge is 0.406 e. The fourth-order valence-electron chi connectivity index (χ4n) is 3.57. The number of aromatic nitrogens is 2. The van der Waals surface area contributed by atoms with Gasteiger partial charge >= 0.3 is 6.36 Å². The van der Waals surface area contributed by atoms with E-state index in [4.69, 9.17) is 0 Å². The lowest BCUT2D eigenvalue weighted by molar-refractivity contribution is -0.274. The molecule has 2 heterocycles. The van der Waals surface area contributed by atoms with Crippen molar-refractivity contribution in [2.45, 2.75) is 6.36 Å². The van der Waals surface area contributed by atoms with E-state index in [1.165, 1.54) is 12.1 Å². The van der Waals surface area contributed by atoms with Gasteiger partial charge in [0.15, 0.2) is 0 Å². The van der Waals surface area contributed by atoms with E-state index >= 15 is 0 Å². The second-order valence-electron chi connectivity index (χ2n) is 7.33. The molecule has 11 heteroatoms. The maximum absolute atomic E-state index is 12.9. The summed E-state index contributed by atoms with van der Waals surface area (Å²) < 4.78 is 40.4. The summed E-state index contributed by atoms with van der Waals surface area (Å²) in [4.78, 5) is 28.8. The molecule has 1 saturated heterocycles. The molecule has 0 radical (unpaired) electrons. The number of ether oxygens (including phenoxy) is 1. The Morgan fingerprint density at radius 1 is 1.06 bits per heavy atom. The Morgan fingerprint density at radius 3 is 2.47 bits per heavy atom. The minimum absolute atomic E-state index is 0.0925. The molecule has 4 rings (SSSR count). The molecular weight excluding hydrogens is 427 g/mol. The summed E-state index contributed by atoms with van der Waals surface area (Å²) in [6, 6.07) is 10.4. The number of nitrogens with zero attached hydrogens (tertiary/aromatic N) is 3. The van der Waals surface area contributed by atoms with Crippen molar-refractivity contribution in [3.8, 4) is 5.75 Å². The van der Waals surface area contributed by atoms with E-state index in [1.54, 1.807) is 17.2 Å². The van der Waals surface area contributed by atoms with Crippen LogP contribution in [0.4, 0.5) is 18.9 Å². The first-order valence-corrected chi connectivity index (χ1v) is 9.88. The number of anilines is 1. The lowest BCUT2D eigenvalue weighted by Crippen LogP contribution is -2.50. The van der Waals surface area contributed by atoms with Crippen molar-refractivity contribution >= 4 is 28.4 Å². The summed E-state index contributed by atoms with van der Waals surface area (Å²) in [6.45, 7) is 2.10. The summed E-state index contributed by atoms with van der Waals surface area (Å²) in [7, 11) is 0. The SMILES string of the molecule is O=C(CN1CCN(C(=O)c2cccc3cn[nH]c23)CC1)Nc1ccc(OC(F)(F)F)cc1. The molecule has 1 aliphatic heterocycles. The Kier molecular flexibility index (Phi) is 5.99. The predicted molar refractivity (Wildman–Crippen MR) is 110 cm³/mol. The number of H-pyrrole nitrogens is 1. The van der Waals surface area contributed by atoms with Crippen molar-refractivity contribution in [3.63, 3.8) is 0 Å². The van der Waals surface area contributed by atoms with Crippen LogP contribution in [-0.2, 0) is 4.79 Å². The van der Waals surface area contributed by atoms with E-state index in [0.29, 0.717) is 42.9 Å². The molecule has 32 heavy (non-hydrogen) atoms. The van der Waals surface area contributed by atoms with Gasteiger partial charge in [-0.25, -0.2) is 0 Å². The van der Waals surface area contributed by atoms with Crippen LogP contribution in [0.15, 0.2) is 48.7 Å². The van der Waals surface area contributed by atoms with Gasteiger partial charge in [0.1, 0.15) is 5.75 Å². The molecule has 0 spiro atoms. The lowest BCUT2D eigenvalue weighted by atomic mass is 10.1. The van der Waals surface area contributed by atoms with Gasteiger partial charge in [-0.15, -0.1) is 13.2 Å². The molecule has 168 valence electrons. The molecule has 2 amide bonds. The van der Waals surface area contributed by atoms with Crippen LogP contribution in [0.3, 0.4) is 0 Å². The van der Waals surface area contributed by atoms with Gasteiger partial charge in [-0.1, -0.05) is 12.1 Å². The lowest BCUT2D eigenvalue weighted by Gasteiger charge is -2.34. The first-order chi connectivity index (χ1) is 15.3. The molecule has 0 unspecified atom stereocenters. The molecule has 1 fully saturated rings. The van der Waals surface area contributed by atoms with Gasteiger partial charge in [-0.3, -0.25) is 19.6 Å². The summed E-state index contributed by atoms with van der Waals surface area (Å²) in [5.74, 6) is -0.747. The number of hydrogen-bond acceptors (Lipinski definition) is 5. The molecule has 2 N–H and O–H groups in total. The molecule has 3 aromatic rings.